The molecule has 1 heterocycles. The van der Waals surface area contributed by atoms with Gasteiger partial charge in [-0.15, -0.1) is 0 Å². The number of halogens is 6. The minimum absolute atomic E-state index is 0.148. The van der Waals surface area contributed by atoms with E-state index in [-0.39, 0.29) is 5.75 Å². The molecule has 0 bridgehead atoms. The number of methoxy groups -OCH3 is 1. The molecule has 1 aromatic rings. The van der Waals surface area contributed by atoms with Crippen LogP contribution in [0.3, 0.4) is 0 Å². The summed E-state index contributed by atoms with van der Waals surface area (Å²) in [4.78, 5) is 3.58. The molecular weight excluding hydrogens is 290 g/mol. The predicted molar refractivity (Wildman–Crippen MR) is 58.2 cm³/mol. The van der Waals surface area contributed by atoms with Gasteiger partial charge in [0.2, 0.25) is 0 Å². The van der Waals surface area contributed by atoms with Crippen LogP contribution >= 0.6 is 0 Å². The van der Waals surface area contributed by atoms with Gasteiger partial charge in [0.15, 0.2) is 5.92 Å². The molecule has 114 valence electrons. The summed E-state index contributed by atoms with van der Waals surface area (Å²) in [6, 6.07) is 0.507. The van der Waals surface area contributed by atoms with Gasteiger partial charge in [-0.3, -0.25) is 4.98 Å². The predicted octanol–water partition coefficient (Wildman–Crippen LogP) is 3.09. The summed E-state index contributed by atoms with van der Waals surface area (Å²) in [5.41, 5.74) is -0.447. The highest BCUT2D eigenvalue weighted by atomic mass is 19.4. The molecule has 1 atom stereocenters. The second kappa shape index (κ2) is 5.86. The molecule has 1 unspecified atom stereocenters. The van der Waals surface area contributed by atoms with Gasteiger partial charge in [-0.2, -0.15) is 26.3 Å². The van der Waals surface area contributed by atoms with Crippen molar-refractivity contribution in [2.24, 2.45) is 5.92 Å². The third-order valence-corrected chi connectivity index (χ3v) is 2.66. The molecule has 0 amide bonds. The van der Waals surface area contributed by atoms with Gasteiger partial charge in [-0.05, 0) is 19.2 Å². The first-order chi connectivity index (χ1) is 9.12. The topological polar surface area (TPSA) is 34.2 Å². The van der Waals surface area contributed by atoms with Crippen LogP contribution < -0.4 is 10.1 Å². The van der Waals surface area contributed by atoms with Crippen LogP contribution in [-0.4, -0.2) is 31.5 Å². The highest BCUT2D eigenvalue weighted by Crippen LogP contribution is 2.47. The van der Waals surface area contributed by atoms with Gasteiger partial charge in [0, 0.05) is 6.20 Å². The van der Waals surface area contributed by atoms with E-state index < -0.39 is 30.0 Å². The van der Waals surface area contributed by atoms with Crippen LogP contribution in [0.15, 0.2) is 18.3 Å². The van der Waals surface area contributed by atoms with E-state index in [1.165, 1.54) is 12.1 Å². The van der Waals surface area contributed by atoms with Gasteiger partial charge in [0.05, 0.1) is 13.2 Å². The quantitative estimate of drug-likeness (QED) is 0.868. The molecule has 0 aliphatic carbocycles. The van der Waals surface area contributed by atoms with Crippen molar-refractivity contribution in [3.05, 3.63) is 24.0 Å². The van der Waals surface area contributed by atoms with Crippen LogP contribution in [0.1, 0.15) is 11.7 Å². The van der Waals surface area contributed by atoms with E-state index in [2.05, 4.69) is 4.98 Å². The third kappa shape index (κ3) is 3.53. The summed E-state index contributed by atoms with van der Waals surface area (Å²) in [6.07, 6.45) is -9.82. The summed E-state index contributed by atoms with van der Waals surface area (Å²) < 4.78 is 81.2. The van der Waals surface area contributed by atoms with Crippen molar-refractivity contribution in [1.82, 2.24) is 10.3 Å². The minimum atomic E-state index is -5.46. The smallest absolute Gasteiger partial charge is 0.402 e. The standard InChI is InChI=1S/C11H12F6N2O/c1-18-8(7-6(20-2)4-3-5-19-7)9(10(12,13)14)11(15,16)17/h3-5,8-9,18H,1-2H3. The molecule has 3 nitrogen and oxygen atoms in total. The Morgan fingerprint density at radius 1 is 1.15 bits per heavy atom. The summed E-state index contributed by atoms with van der Waals surface area (Å²) in [6.45, 7) is 0. The monoisotopic (exact) mass is 302 g/mol. The van der Waals surface area contributed by atoms with E-state index in [1.54, 1.807) is 0 Å². The Balaban J connectivity index is 3.35. The van der Waals surface area contributed by atoms with Crippen LogP contribution in [0.25, 0.3) is 0 Å². The molecule has 9 heteroatoms. The van der Waals surface area contributed by atoms with Crippen LogP contribution in [-0.2, 0) is 0 Å². The van der Waals surface area contributed by atoms with Crippen molar-refractivity contribution in [2.45, 2.75) is 18.4 Å². The van der Waals surface area contributed by atoms with E-state index in [4.69, 9.17) is 4.74 Å². The largest absolute Gasteiger partial charge is 0.495 e. The van der Waals surface area contributed by atoms with Crippen molar-refractivity contribution in [2.75, 3.05) is 14.2 Å². The van der Waals surface area contributed by atoms with Crippen LogP contribution in [0, 0.1) is 5.92 Å². The summed E-state index contributed by atoms with van der Waals surface area (Å²) in [5, 5.41) is 2.02. The lowest BCUT2D eigenvalue weighted by molar-refractivity contribution is -0.292. The normalized spacial score (nSPS) is 14.4. The number of hydrogen-bond donors (Lipinski definition) is 1. The van der Waals surface area contributed by atoms with Gasteiger partial charge in [0.1, 0.15) is 11.4 Å². The zero-order chi connectivity index (χ0) is 15.6. The van der Waals surface area contributed by atoms with Crippen molar-refractivity contribution >= 4 is 0 Å². The van der Waals surface area contributed by atoms with Crippen molar-refractivity contribution in [1.29, 1.82) is 0 Å². The van der Waals surface area contributed by atoms with Crippen molar-refractivity contribution in [3.8, 4) is 5.75 Å². The van der Waals surface area contributed by atoms with Gasteiger partial charge in [-0.25, -0.2) is 0 Å². The van der Waals surface area contributed by atoms with Crippen molar-refractivity contribution in [3.63, 3.8) is 0 Å². The lowest BCUT2D eigenvalue weighted by Crippen LogP contribution is -2.45. The van der Waals surface area contributed by atoms with Crippen LogP contribution in [0.4, 0.5) is 26.3 Å². The third-order valence-electron chi connectivity index (χ3n) is 2.66. The second-order valence-corrected chi connectivity index (χ2v) is 3.92. The first kappa shape index (κ1) is 16.5. The first-order valence-electron chi connectivity index (χ1n) is 5.42. The fourth-order valence-electron chi connectivity index (χ4n) is 1.83. The highest BCUT2D eigenvalue weighted by Gasteiger charge is 2.61. The number of nitrogens with zero attached hydrogens (tertiary/aromatic N) is 1. The number of pyridine rings is 1. The molecule has 0 aliphatic heterocycles. The minimum Gasteiger partial charge on any atom is -0.495 e. The van der Waals surface area contributed by atoms with Gasteiger partial charge in [0.25, 0.3) is 0 Å². The molecule has 0 spiro atoms. The molecule has 0 saturated carbocycles. The molecule has 0 aromatic carbocycles. The summed E-state index contributed by atoms with van der Waals surface area (Å²) in [7, 11) is 2.15. The average molecular weight is 302 g/mol. The maximum atomic E-state index is 12.7. The fourth-order valence-corrected chi connectivity index (χ4v) is 1.83. The van der Waals surface area contributed by atoms with E-state index in [1.807, 2.05) is 5.32 Å². The van der Waals surface area contributed by atoms with E-state index in [0.29, 0.717) is 0 Å². The Hall–Kier alpha value is -1.51. The molecule has 0 radical (unpaired) electrons. The lowest BCUT2D eigenvalue weighted by atomic mass is 9.94. The van der Waals surface area contributed by atoms with Gasteiger partial charge >= 0.3 is 12.4 Å². The molecule has 20 heavy (non-hydrogen) atoms. The zero-order valence-electron chi connectivity index (χ0n) is 10.5. The lowest BCUT2D eigenvalue weighted by Gasteiger charge is -2.30. The number of ether oxygens (including phenoxy) is 1. The maximum absolute atomic E-state index is 12.7. The SMILES string of the molecule is CNC(c1ncccc1OC)C(C(F)(F)F)C(F)(F)F. The number of nitrogens with one attached hydrogen (secondary N) is 1. The average Bonchev–Trinajstić information content (AvgIpc) is 2.32. The maximum Gasteiger partial charge on any atom is 0.402 e. The van der Waals surface area contributed by atoms with Gasteiger partial charge in [-0.1, -0.05) is 0 Å². The Morgan fingerprint density at radius 3 is 2.10 bits per heavy atom. The number of aromatic nitrogens is 1. The Labute approximate surface area is 110 Å². The summed E-state index contributed by atoms with van der Waals surface area (Å²) in [5.74, 6) is -3.73. The molecule has 0 saturated heterocycles. The summed E-state index contributed by atoms with van der Waals surface area (Å²) >= 11 is 0. The number of hydrogen-bond acceptors (Lipinski definition) is 3. The van der Waals surface area contributed by atoms with E-state index in [0.717, 1.165) is 20.4 Å². The van der Waals surface area contributed by atoms with Crippen molar-refractivity contribution < 1.29 is 31.1 Å². The Morgan fingerprint density at radius 2 is 1.70 bits per heavy atom. The number of alkyl halides is 6. The Bertz CT molecular complexity index is 431. The molecule has 1 aromatic heterocycles. The zero-order valence-corrected chi connectivity index (χ0v) is 10.5. The fraction of sp³-hybridized carbons (Fsp3) is 0.545. The molecule has 1 rings (SSSR count). The molecular formula is C11H12F6N2O. The molecule has 0 aliphatic rings. The Kier molecular flexibility index (Phi) is 4.85. The molecule has 1 N–H and O–H groups in total. The highest BCUT2D eigenvalue weighted by molar-refractivity contribution is 5.30. The van der Waals surface area contributed by atoms with Crippen LogP contribution in [0.2, 0.25) is 0 Å². The second-order valence-electron chi connectivity index (χ2n) is 3.92. The van der Waals surface area contributed by atoms with Crippen LogP contribution in [0.5, 0.6) is 5.75 Å². The molecule has 0 fully saturated rings. The number of rotatable bonds is 4. The first-order valence-corrected chi connectivity index (χ1v) is 5.42. The van der Waals surface area contributed by atoms with Gasteiger partial charge < -0.3 is 10.1 Å². The van der Waals surface area contributed by atoms with E-state index >= 15 is 0 Å². The van der Waals surface area contributed by atoms with E-state index in [9.17, 15) is 26.3 Å².